The van der Waals surface area contributed by atoms with E-state index in [1.165, 1.54) is 0 Å². The summed E-state index contributed by atoms with van der Waals surface area (Å²) in [7, 11) is 0. The Bertz CT molecular complexity index is 884. The molecule has 0 unspecified atom stereocenters. The Morgan fingerprint density at radius 2 is 1.77 bits per heavy atom. The molecule has 4 N–H and O–H groups in total. The van der Waals surface area contributed by atoms with Gasteiger partial charge in [-0.05, 0) is 47.4 Å². The first-order valence-corrected chi connectivity index (χ1v) is 8.21. The molecule has 0 aliphatic carbocycles. The minimum Gasteiger partial charge on any atom is -0.481 e. The number of amidine groups is 1. The lowest BCUT2D eigenvalue weighted by Gasteiger charge is -2.17. The van der Waals surface area contributed by atoms with Gasteiger partial charge in [-0.1, -0.05) is 24.3 Å². The summed E-state index contributed by atoms with van der Waals surface area (Å²) in [4.78, 5) is 24.6. The highest BCUT2D eigenvalue weighted by Gasteiger charge is 2.23. The highest BCUT2D eigenvalue weighted by molar-refractivity contribution is 6.12. The lowest BCUT2D eigenvalue weighted by Crippen LogP contribution is -2.25. The van der Waals surface area contributed by atoms with Crippen molar-refractivity contribution in [2.75, 3.05) is 11.4 Å². The number of hydrogen-bond acceptors (Lipinski definition) is 3. The average molecular weight is 349 g/mol. The summed E-state index contributed by atoms with van der Waals surface area (Å²) < 4.78 is 0. The van der Waals surface area contributed by atoms with Gasteiger partial charge in [-0.15, -0.1) is 0 Å². The molecule has 2 aromatic rings. The van der Waals surface area contributed by atoms with Crippen LogP contribution in [0.25, 0.3) is 5.57 Å². The summed E-state index contributed by atoms with van der Waals surface area (Å²) in [6, 6.07) is 14.6. The van der Waals surface area contributed by atoms with Gasteiger partial charge in [0.1, 0.15) is 5.84 Å². The highest BCUT2D eigenvalue weighted by atomic mass is 16.4. The van der Waals surface area contributed by atoms with Crippen LogP contribution in [0.1, 0.15) is 23.1 Å². The molecule has 1 amide bonds. The maximum atomic E-state index is 12.3. The van der Waals surface area contributed by atoms with E-state index in [1.807, 2.05) is 24.3 Å². The fourth-order valence-corrected chi connectivity index (χ4v) is 2.87. The third-order valence-electron chi connectivity index (χ3n) is 4.33. The molecule has 1 aliphatic heterocycles. The zero-order valence-corrected chi connectivity index (χ0v) is 14.1. The Hall–Kier alpha value is -3.41. The van der Waals surface area contributed by atoms with E-state index >= 15 is 0 Å². The number of carbonyl (C=O) groups excluding carboxylic acids is 1. The van der Waals surface area contributed by atoms with Crippen LogP contribution in [0.3, 0.4) is 0 Å². The van der Waals surface area contributed by atoms with Gasteiger partial charge in [0.25, 0.3) is 5.91 Å². The van der Waals surface area contributed by atoms with Gasteiger partial charge in [0.15, 0.2) is 0 Å². The monoisotopic (exact) mass is 349 g/mol. The van der Waals surface area contributed by atoms with Gasteiger partial charge >= 0.3 is 5.97 Å². The van der Waals surface area contributed by atoms with E-state index in [9.17, 15) is 9.59 Å². The van der Waals surface area contributed by atoms with Gasteiger partial charge < -0.3 is 15.7 Å². The van der Waals surface area contributed by atoms with Gasteiger partial charge in [0.2, 0.25) is 0 Å². The average Bonchev–Trinajstić information content (AvgIpc) is 3.02. The number of nitrogens with zero attached hydrogens (tertiary/aromatic N) is 1. The van der Waals surface area contributed by atoms with Crippen LogP contribution in [0.2, 0.25) is 0 Å². The molecule has 0 spiro atoms. The summed E-state index contributed by atoms with van der Waals surface area (Å²) in [5.41, 5.74) is 9.64. The van der Waals surface area contributed by atoms with Gasteiger partial charge in [-0.25, -0.2) is 0 Å². The van der Waals surface area contributed by atoms with Gasteiger partial charge in [0.05, 0.1) is 6.54 Å². The fourth-order valence-electron chi connectivity index (χ4n) is 2.87. The minimum atomic E-state index is -0.815. The van der Waals surface area contributed by atoms with Crippen molar-refractivity contribution < 1.29 is 14.7 Å². The van der Waals surface area contributed by atoms with Crippen LogP contribution in [-0.4, -0.2) is 29.4 Å². The van der Waals surface area contributed by atoms with Crippen LogP contribution in [0.4, 0.5) is 5.69 Å². The lowest BCUT2D eigenvalue weighted by atomic mass is 10.0. The van der Waals surface area contributed by atoms with Crippen LogP contribution in [0.15, 0.2) is 54.6 Å². The number of benzene rings is 2. The van der Waals surface area contributed by atoms with E-state index in [0.29, 0.717) is 18.5 Å². The molecule has 26 heavy (non-hydrogen) atoms. The Labute approximate surface area is 151 Å². The summed E-state index contributed by atoms with van der Waals surface area (Å²) in [5.74, 6) is -0.916. The van der Waals surface area contributed by atoms with E-state index < -0.39 is 5.97 Å². The number of hydrogen-bond donors (Lipinski definition) is 3. The highest BCUT2D eigenvalue weighted by Crippen LogP contribution is 2.27. The molecule has 0 saturated carbocycles. The quantitative estimate of drug-likeness (QED) is 0.550. The molecule has 0 bridgehead atoms. The number of aryl methyl sites for hydroxylation is 1. The molecule has 0 radical (unpaired) electrons. The second-order valence-corrected chi connectivity index (χ2v) is 6.15. The standard InChI is InChI=1S/C20H19N3O3/c21-20(22)15-6-8-17(9-7-15)23-12-16(11-18(23)24)14-4-1-13(2-5-14)3-10-19(25)26/h1-2,4-9,11H,3,10,12H2,(H3,21,22)(H,25,26). The molecule has 0 saturated heterocycles. The zero-order chi connectivity index (χ0) is 18.7. The predicted molar refractivity (Wildman–Crippen MR) is 100 cm³/mol. The third-order valence-corrected chi connectivity index (χ3v) is 4.33. The van der Waals surface area contributed by atoms with Gasteiger partial charge in [-0.3, -0.25) is 15.0 Å². The van der Waals surface area contributed by atoms with Gasteiger partial charge in [0, 0.05) is 23.7 Å². The summed E-state index contributed by atoms with van der Waals surface area (Å²) in [6.07, 6.45) is 2.21. The van der Waals surface area contributed by atoms with Crippen LogP contribution in [-0.2, 0) is 16.0 Å². The first-order valence-electron chi connectivity index (χ1n) is 8.21. The molecular formula is C20H19N3O3. The first kappa shape index (κ1) is 17.4. The molecule has 132 valence electrons. The topological polar surface area (TPSA) is 107 Å². The van der Waals surface area contributed by atoms with Gasteiger partial charge in [-0.2, -0.15) is 0 Å². The number of anilines is 1. The number of nitrogens with one attached hydrogen (secondary N) is 1. The number of nitrogens with two attached hydrogens (primary N) is 1. The van der Waals surface area contributed by atoms with Crippen molar-refractivity contribution in [2.24, 2.45) is 5.73 Å². The number of rotatable bonds is 6. The Morgan fingerprint density at radius 1 is 1.12 bits per heavy atom. The van der Waals surface area contributed by atoms with Crippen LogP contribution < -0.4 is 10.6 Å². The SMILES string of the molecule is N=C(N)c1ccc(N2CC(c3ccc(CCC(=O)O)cc3)=CC2=O)cc1. The molecule has 0 aromatic heterocycles. The summed E-state index contributed by atoms with van der Waals surface area (Å²) in [5, 5.41) is 16.2. The van der Waals surface area contributed by atoms with Crippen LogP contribution in [0.5, 0.6) is 0 Å². The van der Waals surface area contributed by atoms with E-state index in [0.717, 1.165) is 22.4 Å². The lowest BCUT2D eigenvalue weighted by molar-refractivity contribution is -0.137. The second-order valence-electron chi connectivity index (χ2n) is 6.15. The molecule has 1 heterocycles. The normalized spacial score (nSPS) is 13.6. The number of carbonyl (C=O) groups is 2. The third kappa shape index (κ3) is 3.80. The molecule has 0 fully saturated rings. The number of carboxylic acid groups (broad SMARTS) is 1. The molecule has 0 atom stereocenters. The number of amides is 1. The number of carboxylic acids is 1. The molecular weight excluding hydrogens is 330 g/mol. The molecule has 6 heteroatoms. The number of aliphatic carboxylic acids is 1. The molecule has 3 rings (SSSR count). The smallest absolute Gasteiger partial charge is 0.303 e. The Morgan fingerprint density at radius 3 is 2.35 bits per heavy atom. The first-order chi connectivity index (χ1) is 12.4. The van der Waals surface area contributed by atoms with Crippen molar-refractivity contribution in [3.63, 3.8) is 0 Å². The van der Waals surface area contributed by atoms with E-state index in [-0.39, 0.29) is 18.2 Å². The molecule has 1 aliphatic rings. The van der Waals surface area contributed by atoms with Crippen molar-refractivity contribution in [1.29, 1.82) is 5.41 Å². The van der Waals surface area contributed by atoms with Crippen LogP contribution in [0, 0.1) is 5.41 Å². The second kappa shape index (κ2) is 7.23. The number of nitrogen functional groups attached to an aromatic ring is 1. The maximum Gasteiger partial charge on any atom is 0.303 e. The van der Waals surface area contributed by atoms with E-state index in [4.69, 9.17) is 16.2 Å². The van der Waals surface area contributed by atoms with Crippen molar-refractivity contribution >= 4 is 29.0 Å². The maximum absolute atomic E-state index is 12.3. The van der Waals surface area contributed by atoms with Crippen LogP contribution >= 0.6 is 0 Å². The van der Waals surface area contributed by atoms with E-state index in [1.54, 1.807) is 35.2 Å². The predicted octanol–water partition coefficient (Wildman–Crippen LogP) is 2.42. The Kier molecular flexibility index (Phi) is 4.84. The van der Waals surface area contributed by atoms with Crippen molar-refractivity contribution in [2.45, 2.75) is 12.8 Å². The minimum absolute atomic E-state index is 0.00824. The molecule has 2 aromatic carbocycles. The van der Waals surface area contributed by atoms with Crippen molar-refractivity contribution in [1.82, 2.24) is 0 Å². The fraction of sp³-hybridized carbons (Fsp3) is 0.150. The van der Waals surface area contributed by atoms with E-state index in [2.05, 4.69) is 0 Å². The molecule has 6 nitrogen and oxygen atoms in total. The zero-order valence-electron chi connectivity index (χ0n) is 14.1. The Balaban J connectivity index is 1.71. The van der Waals surface area contributed by atoms with Crippen molar-refractivity contribution in [3.05, 3.63) is 71.3 Å². The largest absolute Gasteiger partial charge is 0.481 e. The summed E-state index contributed by atoms with van der Waals surface area (Å²) in [6.45, 7) is 0.465. The summed E-state index contributed by atoms with van der Waals surface area (Å²) >= 11 is 0. The van der Waals surface area contributed by atoms with Crippen molar-refractivity contribution in [3.8, 4) is 0 Å².